The molecule has 0 saturated heterocycles. The van der Waals surface area contributed by atoms with Crippen molar-refractivity contribution in [2.75, 3.05) is 18.0 Å². The van der Waals surface area contributed by atoms with E-state index < -0.39 is 0 Å². The number of aryl methyl sites for hydroxylation is 1. The molecular weight excluding hydrogens is 243 g/mol. The molecule has 19 heavy (non-hydrogen) atoms. The molecule has 1 heterocycles. The van der Waals surface area contributed by atoms with Gasteiger partial charge in [-0.1, -0.05) is 0 Å². The number of halogens is 1. The molecule has 1 atom stereocenters. The second-order valence-corrected chi connectivity index (χ2v) is 4.44. The molecule has 2 aromatic rings. The van der Waals surface area contributed by atoms with Gasteiger partial charge in [0.25, 0.3) is 0 Å². The van der Waals surface area contributed by atoms with Gasteiger partial charge in [-0.15, -0.1) is 0 Å². The smallest absolute Gasteiger partial charge is 0.123 e. The predicted octanol–water partition coefficient (Wildman–Crippen LogP) is 2.09. The summed E-state index contributed by atoms with van der Waals surface area (Å²) in [4.78, 5) is 6.29. The highest BCUT2D eigenvalue weighted by molar-refractivity contribution is 5.48. The van der Waals surface area contributed by atoms with E-state index in [1.54, 1.807) is 18.5 Å². The molecule has 0 aliphatic carbocycles. The molecule has 1 aromatic heterocycles. The number of hydrogen-bond donors (Lipinski definition) is 1. The Hall–Kier alpha value is -1.88. The molecule has 0 aliphatic rings. The lowest BCUT2D eigenvalue weighted by Crippen LogP contribution is -2.34. The standard InChI is InChI=1S/C14H19FN4/c1-3-19(12-6-4-11(15)5-7-12)13(8-16)14-9-17-10-18(14)2/h4-7,9-10,13H,3,8,16H2,1-2H3. The average Bonchev–Trinajstić information content (AvgIpc) is 2.83. The Balaban J connectivity index is 2.34. The fourth-order valence-electron chi connectivity index (χ4n) is 2.31. The molecule has 0 bridgehead atoms. The first-order chi connectivity index (χ1) is 9.17. The van der Waals surface area contributed by atoms with Crippen molar-refractivity contribution in [3.63, 3.8) is 0 Å². The number of rotatable bonds is 5. The van der Waals surface area contributed by atoms with Crippen LogP contribution in [0.3, 0.4) is 0 Å². The van der Waals surface area contributed by atoms with E-state index in [0.717, 1.165) is 17.9 Å². The van der Waals surface area contributed by atoms with E-state index in [9.17, 15) is 4.39 Å². The fourth-order valence-corrected chi connectivity index (χ4v) is 2.31. The van der Waals surface area contributed by atoms with Crippen LogP contribution in [0, 0.1) is 5.82 Å². The third-order valence-corrected chi connectivity index (χ3v) is 3.29. The zero-order valence-electron chi connectivity index (χ0n) is 11.3. The van der Waals surface area contributed by atoms with Gasteiger partial charge in [0.2, 0.25) is 0 Å². The average molecular weight is 262 g/mol. The Morgan fingerprint density at radius 3 is 2.53 bits per heavy atom. The fraction of sp³-hybridized carbons (Fsp3) is 0.357. The van der Waals surface area contributed by atoms with Gasteiger partial charge >= 0.3 is 0 Å². The third kappa shape index (κ3) is 2.76. The highest BCUT2D eigenvalue weighted by Gasteiger charge is 2.20. The minimum atomic E-state index is -0.232. The van der Waals surface area contributed by atoms with Gasteiger partial charge in [-0.25, -0.2) is 9.37 Å². The highest BCUT2D eigenvalue weighted by Crippen LogP contribution is 2.26. The Bertz CT molecular complexity index is 520. The van der Waals surface area contributed by atoms with Crippen molar-refractivity contribution in [3.8, 4) is 0 Å². The maximum Gasteiger partial charge on any atom is 0.123 e. The van der Waals surface area contributed by atoms with Crippen molar-refractivity contribution in [2.45, 2.75) is 13.0 Å². The molecule has 0 fully saturated rings. The first kappa shape index (κ1) is 13.5. The van der Waals surface area contributed by atoms with E-state index in [4.69, 9.17) is 5.73 Å². The predicted molar refractivity (Wildman–Crippen MR) is 74.4 cm³/mol. The van der Waals surface area contributed by atoms with Crippen molar-refractivity contribution in [3.05, 3.63) is 48.3 Å². The molecular formula is C14H19FN4. The molecule has 0 radical (unpaired) electrons. The summed E-state index contributed by atoms with van der Waals surface area (Å²) in [7, 11) is 1.95. The van der Waals surface area contributed by atoms with Crippen LogP contribution in [0.5, 0.6) is 0 Å². The lowest BCUT2D eigenvalue weighted by atomic mass is 10.1. The third-order valence-electron chi connectivity index (χ3n) is 3.29. The number of aromatic nitrogens is 2. The summed E-state index contributed by atoms with van der Waals surface area (Å²) >= 11 is 0. The molecule has 0 aliphatic heterocycles. The number of hydrogen-bond acceptors (Lipinski definition) is 3. The molecule has 1 unspecified atom stereocenters. The van der Waals surface area contributed by atoms with Gasteiger partial charge < -0.3 is 15.2 Å². The van der Waals surface area contributed by atoms with Crippen LogP contribution < -0.4 is 10.6 Å². The largest absolute Gasteiger partial charge is 0.362 e. The van der Waals surface area contributed by atoms with Gasteiger partial charge in [-0.2, -0.15) is 0 Å². The van der Waals surface area contributed by atoms with Crippen LogP contribution in [0.1, 0.15) is 18.7 Å². The van der Waals surface area contributed by atoms with Crippen LogP contribution in [0.25, 0.3) is 0 Å². The first-order valence-corrected chi connectivity index (χ1v) is 6.35. The van der Waals surface area contributed by atoms with E-state index in [1.807, 2.05) is 17.8 Å². The van der Waals surface area contributed by atoms with E-state index in [-0.39, 0.29) is 11.9 Å². The lowest BCUT2D eigenvalue weighted by molar-refractivity contribution is 0.599. The maximum absolute atomic E-state index is 13.0. The summed E-state index contributed by atoms with van der Waals surface area (Å²) in [6.07, 6.45) is 3.58. The van der Waals surface area contributed by atoms with Crippen molar-refractivity contribution >= 4 is 5.69 Å². The van der Waals surface area contributed by atoms with E-state index in [1.165, 1.54) is 12.1 Å². The van der Waals surface area contributed by atoms with Crippen LogP contribution in [-0.4, -0.2) is 22.6 Å². The van der Waals surface area contributed by atoms with Crippen molar-refractivity contribution in [1.82, 2.24) is 9.55 Å². The van der Waals surface area contributed by atoms with Gasteiger partial charge in [0.15, 0.2) is 0 Å². The van der Waals surface area contributed by atoms with Crippen LogP contribution in [0.2, 0.25) is 0 Å². The van der Waals surface area contributed by atoms with Gasteiger partial charge in [-0.3, -0.25) is 0 Å². The highest BCUT2D eigenvalue weighted by atomic mass is 19.1. The Kier molecular flexibility index (Phi) is 4.16. The Morgan fingerprint density at radius 1 is 1.37 bits per heavy atom. The monoisotopic (exact) mass is 262 g/mol. The molecule has 0 amide bonds. The Labute approximate surface area is 112 Å². The normalized spacial score (nSPS) is 12.4. The number of nitrogens with two attached hydrogens (primary N) is 1. The zero-order chi connectivity index (χ0) is 13.8. The minimum absolute atomic E-state index is 0.0305. The summed E-state index contributed by atoms with van der Waals surface area (Å²) in [5.74, 6) is -0.232. The van der Waals surface area contributed by atoms with Crippen LogP contribution in [0.15, 0.2) is 36.8 Å². The number of anilines is 1. The molecule has 102 valence electrons. The molecule has 5 heteroatoms. The molecule has 1 aromatic carbocycles. The quantitative estimate of drug-likeness (QED) is 0.897. The first-order valence-electron chi connectivity index (χ1n) is 6.35. The van der Waals surface area contributed by atoms with E-state index >= 15 is 0 Å². The summed E-state index contributed by atoms with van der Waals surface area (Å²) in [5.41, 5.74) is 7.93. The van der Waals surface area contributed by atoms with Crippen LogP contribution in [-0.2, 0) is 7.05 Å². The SMILES string of the molecule is CCN(c1ccc(F)cc1)C(CN)c1cncn1C. The number of likely N-dealkylation sites (N-methyl/N-ethyl adjacent to an activating group) is 1. The topological polar surface area (TPSA) is 47.1 Å². The summed E-state index contributed by atoms with van der Waals surface area (Å²) in [6, 6.07) is 6.52. The Morgan fingerprint density at radius 2 is 2.05 bits per heavy atom. The van der Waals surface area contributed by atoms with E-state index in [2.05, 4.69) is 16.8 Å². The molecule has 0 spiro atoms. The van der Waals surface area contributed by atoms with Crippen LogP contribution in [0.4, 0.5) is 10.1 Å². The van der Waals surface area contributed by atoms with Gasteiger partial charge in [0, 0.05) is 25.8 Å². The van der Waals surface area contributed by atoms with Crippen molar-refractivity contribution in [1.29, 1.82) is 0 Å². The van der Waals surface area contributed by atoms with Crippen LogP contribution >= 0.6 is 0 Å². The number of benzene rings is 1. The number of nitrogens with zero attached hydrogens (tertiary/aromatic N) is 3. The lowest BCUT2D eigenvalue weighted by Gasteiger charge is -2.32. The second kappa shape index (κ2) is 5.84. The molecule has 2 N–H and O–H groups in total. The maximum atomic E-state index is 13.0. The van der Waals surface area contributed by atoms with Gasteiger partial charge in [-0.05, 0) is 31.2 Å². The summed E-state index contributed by atoms with van der Waals surface area (Å²) < 4.78 is 15.0. The number of imidazole rings is 1. The summed E-state index contributed by atoms with van der Waals surface area (Å²) in [6.45, 7) is 3.33. The molecule has 4 nitrogen and oxygen atoms in total. The second-order valence-electron chi connectivity index (χ2n) is 4.44. The summed E-state index contributed by atoms with van der Waals surface area (Å²) in [5, 5.41) is 0. The zero-order valence-corrected chi connectivity index (χ0v) is 11.3. The van der Waals surface area contributed by atoms with Crippen molar-refractivity contribution in [2.24, 2.45) is 12.8 Å². The van der Waals surface area contributed by atoms with E-state index in [0.29, 0.717) is 6.54 Å². The van der Waals surface area contributed by atoms with Gasteiger partial charge in [0.05, 0.1) is 24.3 Å². The van der Waals surface area contributed by atoms with Crippen molar-refractivity contribution < 1.29 is 4.39 Å². The minimum Gasteiger partial charge on any atom is -0.362 e. The molecule has 0 saturated carbocycles. The molecule has 2 rings (SSSR count). The van der Waals surface area contributed by atoms with Gasteiger partial charge in [0.1, 0.15) is 5.82 Å².